The Bertz CT molecular complexity index is 552. The first-order chi connectivity index (χ1) is 9.27. The fraction of sp³-hybridized carbons (Fsp3) is 0.294. The first kappa shape index (κ1) is 12.2. The Morgan fingerprint density at radius 2 is 1.74 bits per heavy atom. The third-order valence-electron chi connectivity index (χ3n) is 4.02. The molecule has 3 rings (SSSR count). The van der Waals surface area contributed by atoms with E-state index in [0.29, 0.717) is 18.8 Å². The molecule has 2 unspecified atom stereocenters. The van der Waals surface area contributed by atoms with Crippen molar-refractivity contribution in [3.05, 3.63) is 65.7 Å². The molecule has 19 heavy (non-hydrogen) atoms. The molecule has 0 bridgehead atoms. The second-order valence-corrected chi connectivity index (χ2v) is 5.09. The van der Waals surface area contributed by atoms with Gasteiger partial charge in [0.15, 0.2) is 0 Å². The van der Waals surface area contributed by atoms with Crippen molar-refractivity contribution in [2.45, 2.75) is 25.9 Å². The molecule has 2 aromatic rings. The van der Waals surface area contributed by atoms with E-state index in [1.54, 1.807) is 0 Å². The second-order valence-electron chi connectivity index (χ2n) is 5.09. The van der Waals surface area contributed by atoms with Gasteiger partial charge in [-0.3, -0.25) is 4.90 Å². The summed E-state index contributed by atoms with van der Waals surface area (Å²) in [5.41, 5.74) is 2.61. The molecule has 0 radical (unpaired) electrons. The number of hydrogen-bond donors (Lipinski definition) is 0. The Balaban J connectivity index is 1.88. The number of ether oxygens (including phenoxy) is 1. The van der Waals surface area contributed by atoms with Crippen molar-refractivity contribution < 1.29 is 4.74 Å². The first-order valence-corrected chi connectivity index (χ1v) is 6.80. The number of nitrogens with zero attached hydrogens (tertiary/aromatic N) is 1. The van der Waals surface area contributed by atoms with Crippen LogP contribution < -0.4 is 4.74 Å². The van der Waals surface area contributed by atoms with E-state index in [2.05, 4.69) is 67.3 Å². The van der Waals surface area contributed by atoms with Crippen molar-refractivity contribution in [3.63, 3.8) is 0 Å². The summed E-state index contributed by atoms with van der Waals surface area (Å²) in [5, 5.41) is 0. The van der Waals surface area contributed by atoms with Crippen molar-refractivity contribution in [3.8, 4) is 5.75 Å². The summed E-state index contributed by atoms with van der Waals surface area (Å²) in [4.78, 5) is 2.39. The topological polar surface area (TPSA) is 12.5 Å². The van der Waals surface area contributed by atoms with Crippen molar-refractivity contribution >= 4 is 0 Å². The summed E-state index contributed by atoms with van der Waals surface area (Å²) >= 11 is 0. The molecular weight excluding hydrogens is 234 g/mol. The number of para-hydroxylation sites is 1. The van der Waals surface area contributed by atoms with Crippen molar-refractivity contribution in [2.75, 3.05) is 6.73 Å². The monoisotopic (exact) mass is 253 g/mol. The van der Waals surface area contributed by atoms with Crippen molar-refractivity contribution in [1.29, 1.82) is 0 Å². The van der Waals surface area contributed by atoms with Gasteiger partial charge in [-0.2, -0.15) is 0 Å². The maximum absolute atomic E-state index is 5.88. The average molecular weight is 253 g/mol. The van der Waals surface area contributed by atoms with Gasteiger partial charge < -0.3 is 4.74 Å². The standard InChI is InChI=1S/C17H19NO/c1-13(15-8-4-3-5-9-15)18-12-19-17-11-7-6-10-16(17)14(18)2/h3-11,13-14H,12H2,1-2H3. The molecule has 0 aromatic heterocycles. The molecule has 0 saturated heterocycles. The predicted octanol–water partition coefficient (Wildman–Crippen LogP) is 4.16. The van der Waals surface area contributed by atoms with E-state index in [9.17, 15) is 0 Å². The molecule has 0 saturated carbocycles. The molecule has 2 heteroatoms. The van der Waals surface area contributed by atoms with Crippen LogP contribution in [0.1, 0.15) is 37.1 Å². The van der Waals surface area contributed by atoms with E-state index in [0.717, 1.165) is 5.75 Å². The quantitative estimate of drug-likeness (QED) is 0.796. The third-order valence-corrected chi connectivity index (χ3v) is 4.02. The fourth-order valence-corrected chi connectivity index (χ4v) is 2.76. The molecule has 0 amide bonds. The Hall–Kier alpha value is -1.80. The molecule has 0 spiro atoms. The molecule has 2 atom stereocenters. The zero-order chi connectivity index (χ0) is 13.2. The molecular formula is C17H19NO. The molecule has 98 valence electrons. The van der Waals surface area contributed by atoms with E-state index in [1.807, 2.05) is 6.07 Å². The lowest BCUT2D eigenvalue weighted by Crippen LogP contribution is -2.37. The smallest absolute Gasteiger partial charge is 0.143 e. The van der Waals surface area contributed by atoms with Gasteiger partial charge in [-0.25, -0.2) is 0 Å². The zero-order valence-corrected chi connectivity index (χ0v) is 11.4. The molecule has 0 N–H and O–H groups in total. The van der Waals surface area contributed by atoms with Crippen LogP contribution in [0.15, 0.2) is 54.6 Å². The van der Waals surface area contributed by atoms with Gasteiger partial charge in [-0.1, -0.05) is 48.5 Å². The third kappa shape index (κ3) is 2.24. The van der Waals surface area contributed by atoms with E-state index in [1.165, 1.54) is 11.1 Å². The number of fused-ring (bicyclic) bond motifs is 1. The van der Waals surface area contributed by atoms with Gasteiger partial charge in [0.1, 0.15) is 12.5 Å². The molecule has 2 aromatic carbocycles. The molecule has 0 fully saturated rings. The van der Waals surface area contributed by atoms with Gasteiger partial charge >= 0.3 is 0 Å². The summed E-state index contributed by atoms with van der Waals surface area (Å²) in [7, 11) is 0. The van der Waals surface area contributed by atoms with Crippen LogP contribution in [0.2, 0.25) is 0 Å². The largest absolute Gasteiger partial charge is 0.478 e. The van der Waals surface area contributed by atoms with Crippen LogP contribution >= 0.6 is 0 Å². The van der Waals surface area contributed by atoms with Crippen LogP contribution in [0.3, 0.4) is 0 Å². The lowest BCUT2D eigenvalue weighted by molar-refractivity contribution is 0.0321. The van der Waals surface area contributed by atoms with Crippen LogP contribution in [0.5, 0.6) is 5.75 Å². The minimum absolute atomic E-state index is 0.351. The zero-order valence-electron chi connectivity index (χ0n) is 11.4. The molecule has 1 aliphatic rings. The summed E-state index contributed by atoms with van der Waals surface area (Å²) in [6.45, 7) is 5.14. The fourth-order valence-electron chi connectivity index (χ4n) is 2.76. The molecule has 2 nitrogen and oxygen atoms in total. The van der Waals surface area contributed by atoms with Crippen LogP contribution in [0, 0.1) is 0 Å². The summed E-state index contributed by atoms with van der Waals surface area (Å²) < 4.78 is 5.88. The van der Waals surface area contributed by atoms with E-state index < -0.39 is 0 Å². The number of hydrogen-bond acceptors (Lipinski definition) is 2. The molecule has 0 aliphatic carbocycles. The Kier molecular flexibility index (Phi) is 3.26. The minimum Gasteiger partial charge on any atom is -0.478 e. The van der Waals surface area contributed by atoms with Gasteiger partial charge in [0.25, 0.3) is 0 Å². The Morgan fingerprint density at radius 1 is 1.05 bits per heavy atom. The highest BCUT2D eigenvalue weighted by Crippen LogP contribution is 2.37. The second kappa shape index (κ2) is 5.06. The minimum atomic E-state index is 0.351. The van der Waals surface area contributed by atoms with Crippen LogP contribution in [-0.4, -0.2) is 11.6 Å². The summed E-state index contributed by atoms with van der Waals surface area (Å²) in [5.74, 6) is 1.02. The van der Waals surface area contributed by atoms with E-state index in [4.69, 9.17) is 4.74 Å². The summed E-state index contributed by atoms with van der Waals surface area (Å²) in [6.07, 6.45) is 0. The molecule has 1 heterocycles. The van der Waals surface area contributed by atoms with Crippen LogP contribution in [0.4, 0.5) is 0 Å². The number of benzene rings is 2. The average Bonchev–Trinajstić information content (AvgIpc) is 2.48. The Morgan fingerprint density at radius 3 is 2.53 bits per heavy atom. The highest BCUT2D eigenvalue weighted by Gasteiger charge is 2.28. The highest BCUT2D eigenvalue weighted by molar-refractivity contribution is 5.37. The van der Waals surface area contributed by atoms with Crippen LogP contribution in [0.25, 0.3) is 0 Å². The predicted molar refractivity (Wildman–Crippen MR) is 77.0 cm³/mol. The van der Waals surface area contributed by atoms with Crippen molar-refractivity contribution in [2.24, 2.45) is 0 Å². The van der Waals surface area contributed by atoms with Gasteiger partial charge in [0.05, 0.1) is 0 Å². The van der Waals surface area contributed by atoms with Gasteiger partial charge in [0, 0.05) is 17.6 Å². The van der Waals surface area contributed by atoms with Gasteiger partial charge in [0.2, 0.25) is 0 Å². The highest BCUT2D eigenvalue weighted by atomic mass is 16.5. The Labute approximate surface area is 114 Å². The van der Waals surface area contributed by atoms with Crippen LogP contribution in [-0.2, 0) is 0 Å². The normalized spacial score (nSPS) is 20.4. The van der Waals surface area contributed by atoms with E-state index in [-0.39, 0.29) is 0 Å². The molecule has 1 aliphatic heterocycles. The maximum atomic E-state index is 5.88. The number of rotatable bonds is 2. The SMILES string of the molecule is CC(c1ccccc1)N1COc2ccccc2C1C. The lowest BCUT2D eigenvalue weighted by atomic mass is 10.00. The lowest BCUT2D eigenvalue weighted by Gasteiger charge is -2.39. The summed E-state index contributed by atoms with van der Waals surface area (Å²) in [6, 6.07) is 19.6. The first-order valence-electron chi connectivity index (χ1n) is 6.80. The van der Waals surface area contributed by atoms with Gasteiger partial charge in [-0.15, -0.1) is 0 Å². The van der Waals surface area contributed by atoms with Crippen molar-refractivity contribution in [1.82, 2.24) is 4.90 Å². The van der Waals surface area contributed by atoms with E-state index >= 15 is 0 Å². The maximum Gasteiger partial charge on any atom is 0.143 e. The van der Waals surface area contributed by atoms with Gasteiger partial charge in [-0.05, 0) is 25.5 Å².